The minimum atomic E-state index is -0.123. The van der Waals surface area contributed by atoms with Crippen molar-refractivity contribution in [1.82, 2.24) is 19.9 Å². The second kappa shape index (κ2) is 5.82. The van der Waals surface area contributed by atoms with Crippen LogP contribution < -0.4 is 10.1 Å². The van der Waals surface area contributed by atoms with Crippen LogP contribution >= 0.6 is 0 Å². The maximum Gasteiger partial charge on any atom is 0.322 e. The molecule has 1 aliphatic rings. The molecule has 0 spiro atoms. The van der Waals surface area contributed by atoms with Gasteiger partial charge in [-0.2, -0.15) is 0 Å². The molecule has 0 radical (unpaired) electrons. The monoisotopic (exact) mass is 287 g/mol. The van der Waals surface area contributed by atoms with Crippen LogP contribution in [0.15, 0.2) is 36.7 Å². The third kappa shape index (κ3) is 2.81. The first-order valence-corrected chi connectivity index (χ1v) is 6.82. The van der Waals surface area contributed by atoms with E-state index in [1.807, 2.05) is 30.5 Å². The number of hydrogen-bond donors (Lipinski definition) is 1. The van der Waals surface area contributed by atoms with Gasteiger partial charge in [0.15, 0.2) is 0 Å². The smallest absolute Gasteiger partial charge is 0.322 e. The predicted octanol–water partition coefficient (Wildman–Crippen LogP) is 1.77. The first-order chi connectivity index (χ1) is 10.3. The Hall–Kier alpha value is -2.57. The molecule has 1 N–H and O–H groups in total. The Balaban J connectivity index is 1.64. The van der Waals surface area contributed by atoms with E-state index in [1.54, 1.807) is 22.9 Å². The second-order valence-electron chi connectivity index (χ2n) is 4.90. The van der Waals surface area contributed by atoms with Crippen LogP contribution in [0.2, 0.25) is 0 Å². The Labute approximate surface area is 122 Å². The summed E-state index contributed by atoms with van der Waals surface area (Å²) in [6, 6.07) is 7.43. The average Bonchev–Trinajstić information content (AvgIpc) is 3.18. The molecule has 1 aromatic heterocycles. The lowest BCUT2D eigenvalue weighted by molar-refractivity contribution is 0.220. The zero-order valence-electron chi connectivity index (χ0n) is 11.8. The summed E-state index contributed by atoms with van der Waals surface area (Å²) in [5, 5.41) is 10.7. The fourth-order valence-corrected chi connectivity index (χ4v) is 2.50. The van der Waals surface area contributed by atoms with Crippen LogP contribution in [-0.2, 0) is 0 Å². The number of hydrogen-bond acceptors (Lipinski definition) is 4. The van der Waals surface area contributed by atoms with Crippen molar-refractivity contribution in [2.24, 2.45) is 0 Å². The van der Waals surface area contributed by atoms with Crippen LogP contribution in [0.1, 0.15) is 12.5 Å². The maximum atomic E-state index is 12.3. The summed E-state index contributed by atoms with van der Waals surface area (Å²) in [7, 11) is 1.58. The van der Waals surface area contributed by atoms with Gasteiger partial charge in [-0.15, -0.1) is 5.10 Å². The number of ether oxygens (including phenoxy) is 1. The summed E-state index contributed by atoms with van der Waals surface area (Å²) in [6.45, 7) is 1.33. The number of amides is 2. The van der Waals surface area contributed by atoms with Crippen molar-refractivity contribution < 1.29 is 9.53 Å². The van der Waals surface area contributed by atoms with Gasteiger partial charge < -0.3 is 15.0 Å². The van der Waals surface area contributed by atoms with Gasteiger partial charge in [0, 0.05) is 19.3 Å². The number of urea groups is 1. The molecule has 1 fully saturated rings. The SMILES string of the molecule is COc1ccccc1NC(=O)N1CC[C@H](n2ccnn2)C1. The lowest BCUT2D eigenvalue weighted by Gasteiger charge is -2.18. The van der Waals surface area contributed by atoms with Crippen LogP contribution in [0.25, 0.3) is 0 Å². The second-order valence-corrected chi connectivity index (χ2v) is 4.90. The molecule has 1 atom stereocenters. The van der Waals surface area contributed by atoms with E-state index in [0.29, 0.717) is 24.5 Å². The normalized spacial score (nSPS) is 17.8. The highest BCUT2D eigenvalue weighted by Gasteiger charge is 2.28. The first-order valence-electron chi connectivity index (χ1n) is 6.82. The molecule has 2 heterocycles. The van der Waals surface area contributed by atoms with E-state index in [-0.39, 0.29) is 12.1 Å². The van der Waals surface area contributed by atoms with Crippen LogP contribution in [0.4, 0.5) is 10.5 Å². The number of rotatable bonds is 3. The van der Waals surface area contributed by atoms with Gasteiger partial charge in [-0.25, -0.2) is 9.48 Å². The molecule has 7 heteroatoms. The number of carbonyl (C=O) groups is 1. The fourth-order valence-electron chi connectivity index (χ4n) is 2.50. The van der Waals surface area contributed by atoms with Gasteiger partial charge in [-0.1, -0.05) is 17.3 Å². The van der Waals surface area contributed by atoms with Crippen molar-refractivity contribution in [3.63, 3.8) is 0 Å². The van der Waals surface area contributed by atoms with Crippen molar-refractivity contribution in [3.8, 4) is 5.75 Å². The molecule has 7 nitrogen and oxygen atoms in total. The number of carbonyl (C=O) groups excluding carboxylic acids is 1. The highest BCUT2D eigenvalue weighted by molar-refractivity contribution is 5.91. The zero-order chi connectivity index (χ0) is 14.7. The lowest BCUT2D eigenvalue weighted by Crippen LogP contribution is -2.33. The van der Waals surface area contributed by atoms with Gasteiger partial charge in [0.2, 0.25) is 0 Å². The van der Waals surface area contributed by atoms with E-state index in [2.05, 4.69) is 15.6 Å². The Morgan fingerprint density at radius 1 is 1.43 bits per heavy atom. The topological polar surface area (TPSA) is 72.3 Å². The largest absolute Gasteiger partial charge is 0.495 e. The van der Waals surface area contributed by atoms with Gasteiger partial charge in [0.25, 0.3) is 0 Å². The molecule has 3 rings (SSSR count). The van der Waals surface area contributed by atoms with Gasteiger partial charge >= 0.3 is 6.03 Å². The third-order valence-electron chi connectivity index (χ3n) is 3.61. The zero-order valence-corrected chi connectivity index (χ0v) is 11.8. The van der Waals surface area contributed by atoms with E-state index in [9.17, 15) is 4.79 Å². The lowest BCUT2D eigenvalue weighted by atomic mass is 10.3. The Morgan fingerprint density at radius 3 is 3.05 bits per heavy atom. The summed E-state index contributed by atoms with van der Waals surface area (Å²) in [5.41, 5.74) is 0.675. The molecule has 0 saturated carbocycles. The summed E-state index contributed by atoms with van der Waals surface area (Å²) >= 11 is 0. The molecule has 1 aliphatic heterocycles. The van der Waals surface area contributed by atoms with Gasteiger partial charge in [-0.3, -0.25) is 0 Å². The van der Waals surface area contributed by atoms with Gasteiger partial charge in [-0.05, 0) is 18.6 Å². The predicted molar refractivity (Wildman–Crippen MR) is 77.3 cm³/mol. The number of para-hydroxylation sites is 2. The first kappa shape index (κ1) is 13.4. The van der Waals surface area contributed by atoms with Crippen LogP contribution in [-0.4, -0.2) is 46.1 Å². The highest BCUT2D eigenvalue weighted by Crippen LogP contribution is 2.25. The minimum absolute atomic E-state index is 0.123. The Bertz CT molecular complexity index is 614. The number of methoxy groups -OCH3 is 1. The van der Waals surface area contributed by atoms with E-state index in [1.165, 1.54) is 0 Å². The molecule has 0 unspecified atom stereocenters. The number of anilines is 1. The molecule has 110 valence electrons. The van der Waals surface area contributed by atoms with Crippen molar-refractivity contribution in [3.05, 3.63) is 36.7 Å². The maximum absolute atomic E-state index is 12.3. The Kier molecular flexibility index (Phi) is 3.72. The van der Waals surface area contributed by atoms with E-state index in [0.717, 1.165) is 6.42 Å². The van der Waals surface area contributed by atoms with Crippen LogP contribution in [0.3, 0.4) is 0 Å². The number of nitrogens with one attached hydrogen (secondary N) is 1. The summed E-state index contributed by atoms with van der Waals surface area (Å²) in [6.07, 6.45) is 4.35. The number of nitrogens with zero attached hydrogens (tertiary/aromatic N) is 4. The molecule has 2 amide bonds. The van der Waals surface area contributed by atoms with E-state index in [4.69, 9.17) is 4.74 Å². The van der Waals surface area contributed by atoms with Crippen molar-refractivity contribution >= 4 is 11.7 Å². The minimum Gasteiger partial charge on any atom is -0.495 e. The standard InChI is InChI=1S/C14H17N5O2/c1-21-13-5-3-2-4-12(13)16-14(20)18-8-6-11(10-18)19-9-7-15-17-19/h2-5,7,9,11H,6,8,10H2,1H3,(H,16,20)/t11-/m0/s1. The van der Waals surface area contributed by atoms with E-state index >= 15 is 0 Å². The average molecular weight is 287 g/mol. The van der Waals surface area contributed by atoms with Crippen molar-refractivity contribution in [2.45, 2.75) is 12.5 Å². The van der Waals surface area contributed by atoms with Gasteiger partial charge in [0.05, 0.1) is 25.0 Å². The molecule has 0 bridgehead atoms. The molecule has 2 aromatic rings. The molecule has 0 aliphatic carbocycles. The summed E-state index contributed by atoms with van der Waals surface area (Å²) in [5.74, 6) is 0.651. The molecular weight excluding hydrogens is 270 g/mol. The Morgan fingerprint density at radius 2 is 2.29 bits per heavy atom. The number of likely N-dealkylation sites (tertiary alicyclic amines) is 1. The van der Waals surface area contributed by atoms with Crippen molar-refractivity contribution in [2.75, 3.05) is 25.5 Å². The fraction of sp³-hybridized carbons (Fsp3) is 0.357. The van der Waals surface area contributed by atoms with Crippen LogP contribution in [0, 0.1) is 0 Å². The molecule has 1 saturated heterocycles. The van der Waals surface area contributed by atoms with Crippen molar-refractivity contribution in [1.29, 1.82) is 0 Å². The van der Waals surface area contributed by atoms with Crippen LogP contribution in [0.5, 0.6) is 5.75 Å². The highest BCUT2D eigenvalue weighted by atomic mass is 16.5. The third-order valence-corrected chi connectivity index (χ3v) is 3.61. The molecular formula is C14H17N5O2. The summed E-state index contributed by atoms with van der Waals surface area (Å²) < 4.78 is 7.04. The number of aromatic nitrogens is 3. The van der Waals surface area contributed by atoms with Gasteiger partial charge in [0.1, 0.15) is 5.75 Å². The summed E-state index contributed by atoms with van der Waals surface area (Å²) in [4.78, 5) is 14.1. The number of benzene rings is 1. The molecule has 1 aromatic carbocycles. The quantitative estimate of drug-likeness (QED) is 0.933. The van der Waals surface area contributed by atoms with E-state index < -0.39 is 0 Å². The molecule has 21 heavy (non-hydrogen) atoms.